The Morgan fingerprint density at radius 1 is 1.11 bits per heavy atom. The van der Waals surface area contributed by atoms with Crippen molar-refractivity contribution in [1.29, 1.82) is 0 Å². The van der Waals surface area contributed by atoms with Gasteiger partial charge >= 0.3 is 0 Å². The first-order valence-corrected chi connectivity index (χ1v) is 10.8. The van der Waals surface area contributed by atoms with E-state index in [4.69, 9.17) is 0 Å². The van der Waals surface area contributed by atoms with Crippen LogP contribution in [0.1, 0.15) is 43.3 Å². The first kappa shape index (κ1) is 20.4. The smallest absolute Gasteiger partial charge is 0.262 e. The number of nitrogens with zero attached hydrogens (tertiary/aromatic N) is 1. The third kappa shape index (κ3) is 5.13. The topological polar surface area (TPSA) is 61.4 Å². The molecule has 0 unspecified atom stereocenters. The molecule has 1 aromatic heterocycles. The Balaban J connectivity index is 1.60. The maximum atomic E-state index is 12.7. The van der Waals surface area contributed by atoms with Gasteiger partial charge in [-0.3, -0.25) is 9.59 Å². The largest absolute Gasteiger partial charge is 0.372 e. The number of rotatable bonds is 6. The number of benzene rings is 1. The molecule has 0 saturated carbocycles. The summed E-state index contributed by atoms with van der Waals surface area (Å²) in [5.41, 5.74) is 1.94. The number of anilines is 2. The quantitative estimate of drug-likeness (QED) is 0.758. The van der Waals surface area contributed by atoms with Gasteiger partial charge in [0, 0.05) is 24.5 Å². The van der Waals surface area contributed by atoms with Crippen molar-refractivity contribution >= 4 is 34.5 Å². The Kier molecular flexibility index (Phi) is 6.73. The van der Waals surface area contributed by atoms with Crippen LogP contribution in [-0.2, 0) is 4.79 Å². The van der Waals surface area contributed by atoms with Gasteiger partial charge in [-0.1, -0.05) is 26.8 Å². The Bertz CT molecular complexity index is 779. The van der Waals surface area contributed by atoms with E-state index in [0.717, 1.165) is 24.7 Å². The molecule has 0 aliphatic carbocycles. The molecular formula is C22H29N3O2S. The summed E-state index contributed by atoms with van der Waals surface area (Å²) in [4.78, 5) is 28.1. The molecule has 150 valence electrons. The third-order valence-corrected chi connectivity index (χ3v) is 6.13. The minimum atomic E-state index is -0.585. The zero-order chi connectivity index (χ0) is 20.1. The van der Waals surface area contributed by atoms with Gasteiger partial charge in [-0.15, -0.1) is 11.3 Å². The SMILES string of the molecule is CC1CCN(c2ccc(NC(=O)[C@@H](NC(=O)c3cccs3)C(C)C)cc2)CC1. The summed E-state index contributed by atoms with van der Waals surface area (Å²) in [6.07, 6.45) is 2.44. The zero-order valence-electron chi connectivity index (χ0n) is 16.8. The second kappa shape index (κ2) is 9.24. The summed E-state index contributed by atoms with van der Waals surface area (Å²) in [5, 5.41) is 7.65. The number of hydrogen-bond donors (Lipinski definition) is 2. The minimum Gasteiger partial charge on any atom is -0.372 e. The minimum absolute atomic E-state index is 0.0153. The van der Waals surface area contributed by atoms with Gasteiger partial charge in [0.25, 0.3) is 5.91 Å². The fraction of sp³-hybridized carbons (Fsp3) is 0.455. The van der Waals surface area contributed by atoms with E-state index in [1.807, 2.05) is 37.4 Å². The first-order valence-electron chi connectivity index (χ1n) is 9.94. The average molecular weight is 400 g/mol. The summed E-state index contributed by atoms with van der Waals surface area (Å²) in [6, 6.07) is 11.0. The van der Waals surface area contributed by atoms with Crippen LogP contribution in [0.5, 0.6) is 0 Å². The monoisotopic (exact) mass is 399 g/mol. The predicted octanol–water partition coefficient (Wildman–Crippen LogP) is 4.38. The van der Waals surface area contributed by atoms with Gasteiger partial charge in [-0.2, -0.15) is 0 Å². The van der Waals surface area contributed by atoms with Crippen molar-refractivity contribution in [2.24, 2.45) is 11.8 Å². The lowest BCUT2D eigenvalue weighted by Gasteiger charge is -2.32. The molecule has 0 bridgehead atoms. The Labute approximate surface area is 171 Å². The van der Waals surface area contributed by atoms with Gasteiger partial charge in [-0.05, 0) is 60.4 Å². The number of thiophene rings is 1. The first-order chi connectivity index (χ1) is 13.4. The van der Waals surface area contributed by atoms with E-state index < -0.39 is 6.04 Å². The lowest BCUT2D eigenvalue weighted by atomic mass is 9.99. The molecule has 2 aromatic rings. The van der Waals surface area contributed by atoms with Crippen LogP contribution in [0.15, 0.2) is 41.8 Å². The van der Waals surface area contributed by atoms with Gasteiger partial charge in [0.15, 0.2) is 0 Å². The highest BCUT2D eigenvalue weighted by Crippen LogP contribution is 2.24. The van der Waals surface area contributed by atoms with Crippen LogP contribution >= 0.6 is 11.3 Å². The predicted molar refractivity (Wildman–Crippen MR) is 116 cm³/mol. The van der Waals surface area contributed by atoms with E-state index in [9.17, 15) is 9.59 Å². The van der Waals surface area contributed by atoms with Crippen LogP contribution in [0.25, 0.3) is 0 Å². The van der Waals surface area contributed by atoms with E-state index in [2.05, 4.69) is 34.6 Å². The number of amides is 2. The average Bonchev–Trinajstić information content (AvgIpc) is 3.22. The van der Waals surface area contributed by atoms with Gasteiger partial charge in [-0.25, -0.2) is 0 Å². The fourth-order valence-electron chi connectivity index (χ4n) is 3.40. The fourth-order valence-corrected chi connectivity index (χ4v) is 4.02. The van der Waals surface area contributed by atoms with Crippen LogP contribution in [0.4, 0.5) is 11.4 Å². The lowest BCUT2D eigenvalue weighted by Crippen LogP contribution is -2.46. The molecule has 5 nitrogen and oxygen atoms in total. The molecular weight excluding hydrogens is 370 g/mol. The van der Waals surface area contributed by atoms with Crippen molar-refractivity contribution < 1.29 is 9.59 Å². The van der Waals surface area contributed by atoms with Crippen LogP contribution in [-0.4, -0.2) is 30.9 Å². The molecule has 3 rings (SSSR count). The standard InChI is InChI=1S/C22H29N3O2S/c1-15(2)20(24-21(26)19-5-4-14-28-19)22(27)23-17-6-8-18(9-7-17)25-12-10-16(3)11-13-25/h4-9,14-16,20H,10-13H2,1-3H3,(H,23,27)(H,24,26)/t20-/m0/s1. The van der Waals surface area contributed by atoms with Gasteiger partial charge < -0.3 is 15.5 Å². The zero-order valence-corrected chi connectivity index (χ0v) is 17.6. The van der Waals surface area contributed by atoms with Gasteiger partial charge in [0.1, 0.15) is 6.04 Å². The molecule has 0 spiro atoms. The normalized spacial score (nSPS) is 16.1. The number of carbonyl (C=O) groups is 2. The van der Waals surface area contributed by atoms with Crippen LogP contribution in [0.2, 0.25) is 0 Å². The number of piperidine rings is 1. The Morgan fingerprint density at radius 2 is 1.79 bits per heavy atom. The van der Waals surface area contributed by atoms with Crippen molar-refractivity contribution in [3.8, 4) is 0 Å². The Morgan fingerprint density at radius 3 is 2.36 bits per heavy atom. The number of nitrogens with one attached hydrogen (secondary N) is 2. The van der Waals surface area contributed by atoms with Crippen molar-refractivity contribution in [3.05, 3.63) is 46.7 Å². The van der Waals surface area contributed by atoms with Crippen LogP contribution in [0, 0.1) is 11.8 Å². The second-order valence-corrected chi connectivity index (χ2v) is 8.83. The molecule has 2 heterocycles. The van der Waals surface area contributed by atoms with Crippen molar-refractivity contribution in [3.63, 3.8) is 0 Å². The Hall–Kier alpha value is -2.34. The number of carbonyl (C=O) groups excluding carboxylic acids is 2. The maximum absolute atomic E-state index is 12.7. The summed E-state index contributed by atoms with van der Waals surface area (Å²) in [6.45, 7) is 8.32. The van der Waals surface area contributed by atoms with E-state index >= 15 is 0 Å². The molecule has 2 amide bonds. The molecule has 2 N–H and O–H groups in total. The summed E-state index contributed by atoms with van der Waals surface area (Å²) >= 11 is 1.37. The van der Waals surface area contributed by atoms with Crippen molar-refractivity contribution in [2.75, 3.05) is 23.3 Å². The lowest BCUT2D eigenvalue weighted by molar-refractivity contribution is -0.118. The second-order valence-electron chi connectivity index (χ2n) is 7.88. The van der Waals surface area contributed by atoms with Gasteiger partial charge in [0.05, 0.1) is 4.88 Å². The van der Waals surface area contributed by atoms with E-state index in [1.54, 1.807) is 6.07 Å². The molecule has 1 saturated heterocycles. The van der Waals surface area contributed by atoms with Crippen LogP contribution < -0.4 is 15.5 Å². The van der Waals surface area contributed by atoms with Crippen LogP contribution in [0.3, 0.4) is 0 Å². The van der Waals surface area contributed by atoms with E-state index in [-0.39, 0.29) is 17.7 Å². The van der Waals surface area contributed by atoms with Gasteiger partial charge in [0.2, 0.25) is 5.91 Å². The van der Waals surface area contributed by atoms with Crippen molar-refractivity contribution in [2.45, 2.75) is 39.7 Å². The van der Waals surface area contributed by atoms with E-state index in [0.29, 0.717) is 4.88 Å². The third-order valence-electron chi connectivity index (χ3n) is 5.26. The molecule has 28 heavy (non-hydrogen) atoms. The molecule has 0 radical (unpaired) electrons. The molecule has 1 aliphatic heterocycles. The summed E-state index contributed by atoms with van der Waals surface area (Å²) in [5.74, 6) is 0.378. The molecule has 1 fully saturated rings. The van der Waals surface area contributed by atoms with E-state index in [1.165, 1.54) is 29.9 Å². The molecule has 1 atom stereocenters. The highest BCUT2D eigenvalue weighted by atomic mass is 32.1. The molecule has 6 heteroatoms. The van der Waals surface area contributed by atoms with Crippen molar-refractivity contribution in [1.82, 2.24) is 5.32 Å². The summed E-state index contributed by atoms with van der Waals surface area (Å²) < 4.78 is 0. The highest BCUT2D eigenvalue weighted by Gasteiger charge is 2.25. The molecule has 1 aromatic carbocycles. The number of hydrogen-bond acceptors (Lipinski definition) is 4. The maximum Gasteiger partial charge on any atom is 0.262 e. The molecule has 1 aliphatic rings. The highest BCUT2D eigenvalue weighted by molar-refractivity contribution is 7.12. The summed E-state index contributed by atoms with van der Waals surface area (Å²) in [7, 11) is 0.